The molecule has 1 amide bonds. The number of hydrogen-bond acceptors (Lipinski definition) is 2. The number of rotatable bonds is 3. The molecule has 23 heavy (non-hydrogen) atoms. The molecule has 0 spiro atoms. The molecule has 2 atom stereocenters. The highest BCUT2D eigenvalue weighted by atomic mass is 35.5. The van der Waals surface area contributed by atoms with Crippen LogP contribution in [0.3, 0.4) is 0 Å². The Hall–Kier alpha value is -1.84. The van der Waals surface area contributed by atoms with E-state index in [9.17, 15) is 4.79 Å². The number of amides is 1. The van der Waals surface area contributed by atoms with Crippen LogP contribution in [-0.4, -0.2) is 23.4 Å². The molecule has 1 heterocycles. The number of fused-ring (bicyclic) bond motifs is 1. The minimum Gasteiger partial charge on any atom is -0.336 e. The van der Waals surface area contributed by atoms with Crippen molar-refractivity contribution in [2.45, 2.75) is 31.8 Å². The Labute approximate surface area is 143 Å². The van der Waals surface area contributed by atoms with Crippen LogP contribution in [0.2, 0.25) is 0 Å². The van der Waals surface area contributed by atoms with Crippen LogP contribution in [0.5, 0.6) is 0 Å². The van der Waals surface area contributed by atoms with E-state index in [1.54, 1.807) is 0 Å². The van der Waals surface area contributed by atoms with Crippen molar-refractivity contribution < 1.29 is 4.79 Å². The fourth-order valence-electron chi connectivity index (χ4n) is 3.15. The van der Waals surface area contributed by atoms with Crippen molar-refractivity contribution in [2.24, 2.45) is 5.73 Å². The molecule has 3 rings (SSSR count). The van der Waals surface area contributed by atoms with Crippen LogP contribution in [0.15, 0.2) is 54.6 Å². The molecule has 0 saturated heterocycles. The fraction of sp³-hybridized carbons (Fsp3) is 0.316. The van der Waals surface area contributed by atoms with Crippen molar-refractivity contribution in [3.05, 3.63) is 71.3 Å². The van der Waals surface area contributed by atoms with Gasteiger partial charge in [0.05, 0.1) is 6.04 Å². The monoisotopic (exact) mass is 330 g/mol. The van der Waals surface area contributed by atoms with Gasteiger partial charge in [0.15, 0.2) is 0 Å². The van der Waals surface area contributed by atoms with Gasteiger partial charge in [-0.3, -0.25) is 4.79 Å². The molecule has 4 heteroatoms. The normalized spacial score (nSPS) is 17.8. The Kier molecular flexibility index (Phi) is 5.80. The number of benzene rings is 2. The predicted molar refractivity (Wildman–Crippen MR) is 95.7 cm³/mol. The lowest BCUT2D eigenvalue weighted by molar-refractivity contribution is -0.133. The maximum atomic E-state index is 12.5. The van der Waals surface area contributed by atoms with E-state index in [4.69, 9.17) is 5.73 Å². The molecule has 0 aromatic heterocycles. The number of nitrogens with zero attached hydrogens (tertiary/aromatic N) is 1. The highest BCUT2D eigenvalue weighted by Crippen LogP contribution is 2.33. The number of halogens is 1. The van der Waals surface area contributed by atoms with Crippen molar-refractivity contribution in [2.75, 3.05) is 6.54 Å². The van der Waals surface area contributed by atoms with Gasteiger partial charge < -0.3 is 10.6 Å². The highest BCUT2D eigenvalue weighted by Gasteiger charge is 2.30. The predicted octanol–water partition coefficient (Wildman–Crippen LogP) is 3.32. The molecule has 3 nitrogen and oxygen atoms in total. The van der Waals surface area contributed by atoms with Gasteiger partial charge >= 0.3 is 0 Å². The lowest BCUT2D eigenvalue weighted by Crippen LogP contribution is -2.46. The molecule has 1 aliphatic heterocycles. The van der Waals surface area contributed by atoms with Crippen LogP contribution < -0.4 is 5.73 Å². The second kappa shape index (κ2) is 7.62. The van der Waals surface area contributed by atoms with Gasteiger partial charge in [-0.05, 0) is 23.1 Å². The molecule has 2 aromatic carbocycles. The molecule has 0 radical (unpaired) electrons. The first-order valence-electron chi connectivity index (χ1n) is 7.87. The lowest BCUT2D eigenvalue weighted by atomic mass is 9.84. The molecule has 0 saturated carbocycles. The summed E-state index contributed by atoms with van der Waals surface area (Å²) < 4.78 is 0. The Morgan fingerprint density at radius 1 is 1.17 bits per heavy atom. The van der Waals surface area contributed by atoms with Gasteiger partial charge in [-0.1, -0.05) is 61.5 Å². The summed E-state index contributed by atoms with van der Waals surface area (Å²) in [6, 6.07) is 18.4. The minimum atomic E-state index is -0.401. The summed E-state index contributed by atoms with van der Waals surface area (Å²) in [5, 5.41) is 0. The SMILES string of the molecule is CC[C@H](N)C(=O)N1Cc2ccccc2C(c2ccccc2)C1.Cl. The van der Waals surface area contributed by atoms with Gasteiger partial charge in [-0.25, -0.2) is 0 Å². The zero-order valence-corrected chi connectivity index (χ0v) is 14.1. The van der Waals surface area contributed by atoms with Gasteiger partial charge in [-0.2, -0.15) is 0 Å². The van der Waals surface area contributed by atoms with Crippen molar-refractivity contribution in [1.29, 1.82) is 0 Å². The number of carbonyl (C=O) groups is 1. The minimum absolute atomic E-state index is 0. The molecule has 2 N–H and O–H groups in total. The standard InChI is InChI=1S/C19H22N2O.ClH/c1-2-18(20)19(22)21-12-15-10-6-7-11-16(15)17(13-21)14-8-4-3-5-9-14;/h3-11,17-18H,2,12-13,20H2,1H3;1H/t17?,18-;/m0./s1. The van der Waals surface area contributed by atoms with Crippen LogP contribution in [0.25, 0.3) is 0 Å². The van der Waals surface area contributed by atoms with Gasteiger partial charge in [0.1, 0.15) is 0 Å². The summed E-state index contributed by atoms with van der Waals surface area (Å²) >= 11 is 0. The van der Waals surface area contributed by atoms with E-state index in [0.29, 0.717) is 19.5 Å². The molecule has 2 aromatic rings. The van der Waals surface area contributed by atoms with Crippen LogP contribution in [0.4, 0.5) is 0 Å². The van der Waals surface area contributed by atoms with E-state index in [-0.39, 0.29) is 24.2 Å². The molecule has 0 fully saturated rings. The largest absolute Gasteiger partial charge is 0.336 e. The van der Waals surface area contributed by atoms with Crippen molar-refractivity contribution in [3.8, 4) is 0 Å². The Morgan fingerprint density at radius 3 is 2.52 bits per heavy atom. The third-order valence-corrected chi connectivity index (χ3v) is 4.47. The molecular weight excluding hydrogens is 308 g/mol. The Morgan fingerprint density at radius 2 is 1.83 bits per heavy atom. The first-order chi connectivity index (χ1) is 10.7. The molecule has 1 unspecified atom stereocenters. The first-order valence-corrected chi connectivity index (χ1v) is 7.87. The summed E-state index contributed by atoms with van der Waals surface area (Å²) in [5.41, 5.74) is 9.75. The van der Waals surface area contributed by atoms with Crippen molar-refractivity contribution >= 4 is 18.3 Å². The van der Waals surface area contributed by atoms with E-state index >= 15 is 0 Å². The zero-order chi connectivity index (χ0) is 15.5. The van der Waals surface area contributed by atoms with E-state index in [1.807, 2.05) is 24.0 Å². The van der Waals surface area contributed by atoms with E-state index in [2.05, 4.69) is 42.5 Å². The van der Waals surface area contributed by atoms with Gasteiger partial charge in [-0.15, -0.1) is 12.4 Å². The highest BCUT2D eigenvalue weighted by molar-refractivity contribution is 5.85. The van der Waals surface area contributed by atoms with Gasteiger partial charge in [0, 0.05) is 19.0 Å². The maximum Gasteiger partial charge on any atom is 0.239 e. The summed E-state index contributed by atoms with van der Waals surface area (Å²) in [7, 11) is 0. The topological polar surface area (TPSA) is 46.3 Å². The third-order valence-electron chi connectivity index (χ3n) is 4.47. The average molecular weight is 331 g/mol. The molecule has 1 aliphatic rings. The quantitative estimate of drug-likeness (QED) is 0.938. The summed E-state index contributed by atoms with van der Waals surface area (Å²) in [5.74, 6) is 0.275. The van der Waals surface area contributed by atoms with Crippen LogP contribution >= 0.6 is 12.4 Å². The van der Waals surface area contributed by atoms with Gasteiger partial charge in [0.25, 0.3) is 0 Å². The molecule has 0 aliphatic carbocycles. The third kappa shape index (κ3) is 3.57. The molecular formula is C19H23ClN2O. The van der Waals surface area contributed by atoms with E-state index in [0.717, 1.165) is 0 Å². The maximum absolute atomic E-state index is 12.5. The summed E-state index contributed by atoms with van der Waals surface area (Å²) in [4.78, 5) is 14.4. The van der Waals surface area contributed by atoms with Crippen LogP contribution in [0.1, 0.15) is 36.0 Å². The van der Waals surface area contributed by atoms with Crippen molar-refractivity contribution in [3.63, 3.8) is 0 Å². The number of nitrogens with two attached hydrogens (primary N) is 1. The van der Waals surface area contributed by atoms with E-state index in [1.165, 1.54) is 16.7 Å². The average Bonchev–Trinajstić information content (AvgIpc) is 2.60. The fourth-order valence-corrected chi connectivity index (χ4v) is 3.15. The van der Waals surface area contributed by atoms with E-state index < -0.39 is 6.04 Å². The van der Waals surface area contributed by atoms with Crippen molar-refractivity contribution in [1.82, 2.24) is 4.90 Å². The molecule has 122 valence electrons. The molecule has 0 bridgehead atoms. The lowest BCUT2D eigenvalue weighted by Gasteiger charge is -2.36. The smallest absolute Gasteiger partial charge is 0.239 e. The van der Waals surface area contributed by atoms with Crippen LogP contribution in [0, 0.1) is 0 Å². The second-order valence-corrected chi connectivity index (χ2v) is 5.90. The second-order valence-electron chi connectivity index (χ2n) is 5.90. The Balaban J connectivity index is 0.00000192. The van der Waals surface area contributed by atoms with Gasteiger partial charge in [0.2, 0.25) is 5.91 Å². The first kappa shape index (κ1) is 17.5. The Bertz CT molecular complexity index is 659. The summed E-state index contributed by atoms with van der Waals surface area (Å²) in [6.07, 6.45) is 0.674. The zero-order valence-electron chi connectivity index (χ0n) is 13.3. The number of hydrogen-bond donors (Lipinski definition) is 1. The van der Waals surface area contributed by atoms with Crippen LogP contribution in [-0.2, 0) is 11.3 Å². The number of carbonyl (C=O) groups excluding carboxylic acids is 1. The summed E-state index contributed by atoms with van der Waals surface area (Å²) in [6.45, 7) is 3.31.